The van der Waals surface area contributed by atoms with E-state index in [2.05, 4.69) is 50.1 Å². The lowest BCUT2D eigenvalue weighted by Gasteiger charge is -2.39. The number of nitrogens with zero attached hydrogens (tertiary/aromatic N) is 2. The van der Waals surface area contributed by atoms with Gasteiger partial charge in [0.15, 0.2) is 0 Å². The predicted octanol–water partition coefficient (Wildman–Crippen LogP) is 1.42. The molecular formula is C15H33N3O. The van der Waals surface area contributed by atoms with Crippen LogP contribution < -0.4 is 5.32 Å². The van der Waals surface area contributed by atoms with Gasteiger partial charge in [0.2, 0.25) is 0 Å². The second kappa shape index (κ2) is 7.58. The lowest BCUT2D eigenvalue weighted by molar-refractivity contribution is 0.0103. The summed E-state index contributed by atoms with van der Waals surface area (Å²) < 4.78 is 5.51. The van der Waals surface area contributed by atoms with Gasteiger partial charge in [-0.15, -0.1) is 0 Å². The summed E-state index contributed by atoms with van der Waals surface area (Å²) in [6.45, 7) is 7.89. The fourth-order valence-corrected chi connectivity index (χ4v) is 2.69. The zero-order valence-corrected chi connectivity index (χ0v) is 13.7. The third-order valence-electron chi connectivity index (χ3n) is 4.59. The molecule has 19 heavy (non-hydrogen) atoms. The number of rotatable bonds is 7. The number of hydrogen-bond donors (Lipinski definition) is 1. The number of ether oxygens (including phenoxy) is 1. The standard InChI is InChI=1S/C15H33N3O/c1-15(2,19-6)8-7-13(16-3)11-14-12-17(4)9-10-18(14)5/h13-14,16H,7-12H2,1-6H3. The van der Waals surface area contributed by atoms with Crippen LogP contribution in [-0.4, -0.2) is 75.4 Å². The van der Waals surface area contributed by atoms with Crippen LogP contribution in [0.1, 0.15) is 33.1 Å². The van der Waals surface area contributed by atoms with Gasteiger partial charge in [0.05, 0.1) is 5.60 Å². The van der Waals surface area contributed by atoms with Gasteiger partial charge in [-0.25, -0.2) is 0 Å². The molecule has 0 aromatic rings. The maximum absolute atomic E-state index is 5.51. The van der Waals surface area contributed by atoms with Gasteiger partial charge in [-0.2, -0.15) is 0 Å². The first kappa shape index (κ1) is 16.9. The summed E-state index contributed by atoms with van der Waals surface area (Å²) in [5.74, 6) is 0. The molecule has 1 aliphatic rings. The first-order valence-corrected chi connectivity index (χ1v) is 7.49. The molecule has 1 rings (SSSR count). The summed E-state index contributed by atoms with van der Waals surface area (Å²) in [5, 5.41) is 3.48. The Bertz CT molecular complexity index is 258. The van der Waals surface area contributed by atoms with Crippen molar-refractivity contribution >= 4 is 0 Å². The van der Waals surface area contributed by atoms with Crippen LogP contribution in [0.4, 0.5) is 0 Å². The molecule has 1 heterocycles. The lowest BCUT2D eigenvalue weighted by atomic mass is 9.94. The Labute approximate surface area is 119 Å². The average molecular weight is 271 g/mol. The molecule has 2 unspecified atom stereocenters. The maximum Gasteiger partial charge on any atom is 0.0623 e. The minimum Gasteiger partial charge on any atom is -0.379 e. The Balaban J connectivity index is 2.42. The molecule has 114 valence electrons. The van der Waals surface area contributed by atoms with Crippen molar-refractivity contribution in [3.8, 4) is 0 Å². The predicted molar refractivity (Wildman–Crippen MR) is 81.7 cm³/mol. The van der Waals surface area contributed by atoms with E-state index in [4.69, 9.17) is 4.74 Å². The summed E-state index contributed by atoms with van der Waals surface area (Å²) >= 11 is 0. The topological polar surface area (TPSA) is 27.7 Å². The van der Waals surface area contributed by atoms with E-state index in [1.54, 1.807) is 7.11 Å². The third-order valence-corrected chi connectivity index (χ3v) is 4.59. The van der Waals surface area contributed by atoms with E-state index in [9.17, 15) is 0 Å². The van der Waals surface area contributed by atoms with Crippen molar-refractivity contribution in [2.45, 2.75) is 50.8 Å². The largest absolute Gasteiger partial charge is 0.379 e. The number of likely N-dealkylation sites (N-methyl/N-ethyl adjacent to an activating group) is 2. The molecular weight excluding hydrogens is 238 g/mol. The Hall–Kier alpha value is -0.160. The van der Waals surface area contributed by atoms with Gasteiger partial charge in [-0.05, 0) is 54.3 Å². The molecule has 0 radical (unpaired) electrons. The molecule has 0 aromatic carbocycles. The van der Waals surface area contributed by atoms with E-state index < -0.39 is 0 Å². The molecule has 4 nitrogen and oxygen atoms in total. The van der Waals surface area contributed by atoms with E-state index in [0.29, 0.717) is 12.1 Å². The van der Waals surface area contributed by atoms with E-state index in [-0.39, 0.29) is 5.60 Å². The van der Waals surface area contributed by atoms with E-state index >= 15 is 0 Å². The smallest absolute Gasteiger partial charge is 0.0623 e. The Morgan fingerprint density at radius 3 is 2.58 bits per heavy atom. The van der Waals surface area contributed by atoms with Gasteiger partial charge < -0.3 is 19.9 Å². The summed E-state index contributed by atoms with van der Waals surface area (Å²) in [6.07, 6.45) is 3.49. The Morgan fingerprint density at radius 2 is 2.00 bits per heavy atom. The first-order valence-electron chi connectivity index (χ1n) is 7.49. The second-order valence-electron chi connectivity index (χ2n) is 6.62. The van der Waals surface area contributed by atoms with Gasteiger partial charge in [0.25, 0.3) is 0 Å². The van der Waals surface area contributed by atoms with E-state index in [1.165, 1.54) is 32.5 Å². The number of hydrogen-bond acceptors (Lipinski definition) is 4. The minimum atomic E-state index is -0.00957. The van der Waals surface area contributed by atoms with Gasteiger partial charge in [-0.3, -0.25) is 0 Å². The van der Waals surface area contributed by atoms with Crippen LogP contribution in [0, 0.1) is 0 Å². The molecule has 0 saturated carbocycles. The average Bonchev–Trinajstić information content (AvgIpc) is 2.38. The molecule has 2 atom stereocenters. The zero-order chi connectivity index (χ0) is 14.5. The number of methoxy groups -OCH3 is 1. The Kier molecular flexibility index (Phi) is 6.74. The van der Waals surface area contributed by atoms with Crippen molar-refractivity contribution < 1.29 is 4.74 Å². The van der Waals surface area contributed by atoms with Gasteiger partial charge >= 0.3 is 0 Å². The summed E-state index contributed by atoms with van der Waals surface area (Å²) in [4.78, 5) is 4.95. The highest BCUT2D eigenvalue weighted by atomic mass is 16.5. The van der Waals surface area contributed by atoms with Crippen molar-refractivity contribution in [3.05, 3.63) is 0 Å². The fraction of sp³-hybridized carbons (Fsp3) is 1.00. The van der Waals surface area contributed by atoms with Crippen LogP contribution >= 0.6 is 0 Å². The van der Waals surface area contributed by atoms with Gasteiger partial charge in [-0.1, -0.05) is 0 Å². The monoisotopic (exact) mass is 271 g/mol. The summed E-state index contributed by atoms with van der Waals surface area (Å²) in [5.41, 5.74) is -0.00957. The second-order valence-corrected chi connectivity index (χ2v) is 6.62. The van der Waals surface area contributed by atoms with Crippen LogP contribution in [0.5, 0.6) is 0 Å². The zero-order valence-electron chi connectivity index (χ0n) is 13.7. The van der Waals surface area contributed by atoms with E-state index in [0.717, 1.165) is 6.42 Å². The van der Waals surface area contributed by atoms with Crippen LogP contribution in [0.2, 0.25) is 0 Å². The SMILES string of the molecule is CNC(CCC(C)(C)OC)CC1CN(C)CCN1C. The highest BCUT2D eigenvalue weighted by molar-refractivity contribution is 4.84. The molecule has 1 fully saturated rings. The highest BCUT2D eigenvalue weighted by Crippen LogP contribution is 2.20. The Morgan fingerprint density at radius 1 is 1.32 bits per heavy atom. The van der Waals surface area contributed by atoms with Gasteiger partial charge in [0, 0.05) is 38.8 Å². The third kappa shape index (κ3) is 5.78. The molecule has 0 amide bonds. The molecule has 1 aliphatic heterocycles. The van der Waals surface area contributed by atoms with Crippen LogP contribution in [-0.2, 0) is 4.74 Å². The van der Waals surface area contributed by atoms with Crippen LogP contribution in [0.3, 0.4) is 0 Å². The quantitative estimate of drug-likeness (QED) is 0.758. The number of piperazine rings is 1. The highest BCUT2D eigenvalue weighted by Gasteiger charge is 2.26. The van der Waals surface area contributed by atoms with Crippen LogP contribution in [0.15, 0.2) is 0 Å². The molecule has 1 saturated heterocycles. The molecule has 0 aromatic heterocycles. The molecule has 1 N–H and O–H groups in total. The summed E-state index contributed by atoms with van der Waals surface area (Å²) in [6, 6.07) is 1.25. The van der Waals surface area contributed by atoms with Crippen molar-refractivity contribution in [2.75, 3.05) is 47.9 Å². The lowest BCUT2D eigenvalue weighted by Crippen LogP contribution is -2.52. The molecule has 0 bridgehead atoms. The minimum absolute atomic E-state index is 0.00957. The van der Waals surface area contributed by atoms with Crippen LogP contribution in [0.25, 0.3) is 0 Å². The molecule has 0 aliphatic carbocycles. The van der Waals surface area contributed by atoms with Gasteiger partial charge in [0.1, 0.15) is 0 Å². The fourth-order valence-electron chi connectivity index (χ4n) is 2.69. The number of nitrogens with one attached hydrogen (secondary N) is 1. The maximum atomic E-state index is 5.51. The van der Waals surface area contributed by atoms with Crippen molar-refractivity contribution in [3.63, 3.8) is 0 Å². The first-order chi connectivity index (χ1) is 8.88. The van der Waals surface area contributed by atoms with Crippen molar-refractivity contribution in [2.24, 2.45) is 0 Å². The van der Waals surface area contributed by atoms with Crippen molar-refractivity contribution in [1.82, 2.24) is 15.1 Å². The van der Waals surface area contributed by atoms with E-state index in [1.807, 2.05) is 0 Å². The summed E-state index contributed by atoms with van der Waals surface area (Å²) in [7, 11) is 8.36. The normalized spacial score (nSPS) is 24.6. The van der Waals surface area contributed by atoms with Crippen molar-refractivity contribution in [1.29, 1.82) is 0 Å². The molecule has 0 spiro atoms. The molecule has 4 heteroatoms.